The van der Waals surface area contributed by atoms with Crippen molar-refractivity contribution < 1.29 is 4.21 Å². The van der Waals surface area contributed by atoms with E-state index in [0.717, 1.165) is 22.6 Å². The van der Waals surface area contributed by atoms with Crippen molar-refractivity contribution >= 4 is 22.4 Å². The topological polar surface area (TPSA) is 29.1 Å². The predicted molar refractivity (Wildman–Crippen MR) is 59.1 cm³/mol. The van der Waals surface area contributed by atoms with Crippen molar-refractivity contribution in [2.45, 2.75) is 17.4 Å². The second-order valence-corrected chi connectivity index (χ2v) is 5.34. The van der Waals surface area contributed by atoms with Gasteiger partial charge in [-0.3, -0.25) is 4.21 Å². The first-order chi connectivity index (χ1) is 6.72. The maximum absolute atomic E-state index is 11.7. The Labute approximate surface area is 91.1 Å². The quantitative estimate of drug-likeness (QED) is 0.799. The molecule has 0 saturated carbocycles. The average molecular weight is 230 g/mol. The van der Waals surface area contributed by atoms with E-state index < -0.39 is 10.8 Å². The normalized spacial score (nSPS) is 25.9. The third-order valence-corrected chi connectivity index (χ3v) is 4.24. The Morgan fingerprint density at radius 1 is 1.57 bits per heavy atom. The summed E-state index contributed by atoms with van der Waals surface area (Å²) in [6, 6.07) is 5.88. The molecule has 0 fully saturated rings. The smallest absolute Gasteiger partial charge is 0.0533 e. The molecule has 1 aromatic rings. The minimum Gasteiger partial charge on any atom is -0.313 e. The lowest BCUT2D eigenvalue weighted by Gasteiger charge is -2.24. The van der Waals surface area contributed by atoms with E-state index in [0.29, 0.717) is 11.1 Å². The van der Waals surface area contributed by atoms with Crippen LogP contribution in [-0.2, 0) is 10.8 Å². The largest absolute Gasteiger partial charge is 0.313 e. The molecule has 0 spiro atoms. The Bertz CT molecular complexity index is 380. The van der Waals surface area contributed by atoms with Crippen LogP contribution in [0.4, 0.5) is 0 Å². The highest BCUT2D eigenvalue weighted by atomic mass is 35.5. The molecule has 2 nitrogen and oxygen atoms in total. The lowest BCUT2D eigenvalue weighted by molar-refractivity contribution is 0.554. The van der Waals surface area contributed by atoms with Crippen LogP contribution in [0.5, 0.6) is 0 Å². The van der Waals surface area contributed by atoms with E-state index in [4.69, 9.17) is 11.6 Å². The number of nitrogens with one attached hydrogen (secondary N) is 1. The molecule has 0 radical (unpaired) electrons. The summed E-state index contributed by atoms with van der Waals surface area (Å²) in [6.07, 6.45) is 0.913. The number of hydrogen-bond donors (Lipinski definition) is 1. The van der Waals surface area contributed by atoms with Crippen LogP contribution in [0.2, 0.25) is 5.02 Å². The monoisotopic (exact) mass is 229 g/mol. The highest BCUT2D eigenvalue weighted by molar-refractivity contribution is 7.85. The fraction of sp³-hybridized carbons (Fsp3) is 0.400. The molecule has 0 amide bonds. The summed E-state index contributed by atoms with van der Waals surface area (Å²) in [7, 11) is 1.08. The van der Waals surface area contributed by atoms with Gasteiger partial charge in [-0.1, -0.05) is 11.6 Å². The minimum atomic E-state index is -0.844. The Hall–Kier alpha value is -0.380. The Kier molecular flexibility index (Phi) is 2.91. The summed E-state index contributed by atoms with van der Waals surface area (Å²) in [5.74, 6) is 0.736. The van der Waals surface area contributed by atoms with Crippen molar-refractivity contribution in [3.05, 3.63) is 28.8 Å². The molecule has 4 heteroatoms. The molecule has 0 saturated heterocycles. The number of benzene rings is 1. The standard InChI is InChI=1S/C10H12ClNOS/c1-12-9-4-5-14(13)10-3-2-7(11)6-8(9)10/h2-3,6,9,12H,4-5H2,1H3. The Balaban J connectivity index is 2.51. The molecule has 0 aliphatic carbocycles. The SMILES string of the molecule is CNC1CCS(=O)c2ccc(Cl)cc21. The Morgan fingerprint density at radius 2 is 2.36 bits per heavy atom. The highest BCUT2D eigenvalue weighted by Gasteiger charge is 2.23. The van der Waals surface area contributed by atoms with Crippen LogP contribution in [0.15, 0.2) is 23.1 Å². The highest BCUT2D eigenvalue weighted by Crippen LogP contribution is 2.31. The van der Waals surface area contributed by atoms with Crippen LogP contribution in [0.25, 0.3) is 0 Å². The molecule has 1 heterocycles. The van der Waals surface area contributed by atoms with E-state index in [1.807, 2.05) is 19.2 Å². The molecule has 1 N–H and O–H groups in total. The van der Waals surface area contributed by atoms with Gasteiger partial charge in [0.25, 0.3) is 0 Å². The van der Waals surface area contributed by atoms with Gasteiger partial charge in [-0.05, 0) is 37.2 Å². The third-order valence-electron chi connectivity index (χ3n) is 2.53. The van der Waals surface area contributed by atoms with Gasteiger partial charge < -0.3 is 5.32 Å². The molecule has 0 aromatic heterocycles. The van der Waals surface area contributed by atoms with E-state index in [1.165, 1.54) is 0 Å². The predicted octanol–water partition coefficient (Wildman–Crippen LogP) is 2.11. The number of rotatable bonds is 1. The number of fused-ring (bicyclic) bond motifs is 1. The van der Waals surface area contributed by atoms with Gasteiger partial charge in [0.2, 0.25) is 0 Å². The van der Waals surface area contributed by atoms with Gasteiger partial charge in [-0.15, -0.1) is 0 Å². The van der Waals surface area contributed by atoms with Crippen molar-refractivity contribution in [3.63, 3.8) is 0 Å². The summed E-state index contributed by atoms with van der Waals surface area (Å²) in [5.41, 5.74) is 1.09. The van der Waals surface area contributed by atoms with Gasteiger partial charge in [-0.2, -0.15) is 0 Å². The number of hydrogen-bond acceptors (Lipinski definition) is 2. The molecular weight excluding hydrogens is 218 g/mol. The van der Waals surface area contributed by atoms with Crippen LogP contribution in [-0.4, -0.2) is 17.0 Å². The fourth-order valence-corrected chi connectivity index (χ4v) is 3.32. The van der Waals surface area contributed by atoms with Crippen molar-refractivity contribution in [2.24, 2.45) is 0 Å². The Morgan fingerprint density at radius 3 is 3.07 bits per heavy atom. The zero-order chi connectivity index (χ0) is 10.1. The molecule has 1 aromatic carbocycles. The fourth-order valence-electron chi connectivity index (χ4n) is 1.79. The molecule has 1 aliphatic heterocycles. The van der Waals surface area contributed by atoms with Gasteiger partial charge in [0.05, 0.1) is 10.8 Å². The van der Waals surface area contributed by atoms with Gasteiger partial charge in [0.15, 0.2) is 0 Å². The molecular formula is C10H12ClNOS. The second kappa shape index (κ2) is 4.01. The minimum absolute atomic E-state index is 0.293. The first-order valence-electron chi connectivity index (χ1n) is 4.57. The summed E-state index contributed by atoms with van der Waals surface area (Å²) < 4.78 is 11.7. The molecule has 0 bridgehead atoms. The van der Waals surface area contributed by atoms with Crippen LogP contribution in [0.3, 0.4) is 0 Å². The zero-order valence-electron chi connectivity index (χ0n) is 7.92. The van der Waals surface area contributed by atoms with Crippen molar-refractivity contribution in [2.75, 3.05) is 12.8 Å². The summed E-state index contributed by atoms with van der Waals surface area (Å²) in [5, 5.41) is 3.93. The first kappa shape index (κ1) is 10.1. The molecule has 14 heavy (non-hydrogen) atoms. The lowest BCUT2D eigenvalue weighted by atomic mass is 10.0. The van der Waals surface area contributed by atoms with Gasteiger partial charge in [-0.25, -0.2) is 0 Å². The third kappa shape index (κ3) is 1.72. The van der Waals surface area contributed by atoms with E-state index in [9.17, 15) is 4.21 Å². The van der Waals surface area contributed by atoms with E-state index in [1.54, 1.807) is 6.07 Å². The maximum Gasteiger partial charge on any atom is 0.0533 e. The van der Waals surface area contributed by atoms with Gasteiger partial charge >= 0.3 is 0 Å². The molecule has 2 atom stereocenters. The zero-order valence-corrected chi connectivity index (χ0v) is 9.49. The van der Waals surface area contributed by atoms with Crippen LogP contribution >= 0.6 is 11.6 Å². The second-order valence-electron chi connectivity index (χ2n) is 3.36. The van der Waals surface area contributed by atoms with Crippen LogP contribution in [0.1, 0.15) is 18.0 Å². The summed E-state index contributed by atoms with van der Waals surface area (Å²) in [4.78, 5) is 0.931. The number of halogens is 1. The van der Waals surface area contributed by atoms with Crippen molar-refractivity contribution in [1.82, 2.24) is 5.32 Å². The summed E-state index contributed by atoms with van der Waals surface area (Å²) in [6.45, 7) is 0. The van der Waals surface area contributed by atoms with Gasteiger partial charge in [0, 0.05) is 21.7 Å². The lowest BCUT2D eigenvalue weighted by Crippen LogP contribution is -2.24. The molecule has 2 rings (SSSR count). The van der Waals surface area contributed by atoms with E-state index in [2.05, 4.69) is 5.32 Å². The van der Waals surface area contributed by atoms with Crippen LogP contribution in [0, 0.1) is 0 Å². The van der Waals surface area contributed by atoms with E-state index >= 15 is 0 Å². The summed E-state index contributed by atoms with van der Waals surface area (Å²) >= 11 is 5.92. The van der Waals surface area contributed by atoms with Crippen LogP contribution < -0.4 is 5.32 Å². The first-order valence-corrected chi connectivity index (χ1v) is 6.27. The molecule has 2 unspecified atom stereocenters. The van der Waals surface area contributed by atoms with Crippen molar-refractivity contribution in [3.8, 4) is 0 Å². The molecule has 1 aliphatic rings. The van der Waals surface area contributed by atoms with Crippen molar-refractivity contribution in [1.29, 1.82) is 0 Å². The average Bonchev–Trinajstić information content (AvgIpc) is 2.18. The maximum atomic E-state index is 11.7. The van der Waals surface area contributed by atoms with E-state index in [-0.39, 0.29) is 0 Å². The van der Waals surface area contributed by atoms with Gasteiger partial charge in [0.1, 0.15) is 0 Å². The molecule has 76 valence electrons.